The van der Waals surface area contributed by atoms with Gasteiger partial charge in [-0.3, -0.25) is 4.79 Å². The molecule has 1 aromatic heterocycles. The van der Waals surface area contributed by atoms with Gasteiger partial charge in [0.2, 0.25) is 5.91 Å². The monoisotopic (exact) mass is 400 g/mol. The number of benzene rings is 1. The third-order valence-corrected chi connectivity index (χ3v) is 6.61. The molecule has 0 spiro atoms. The molecule has 0 unspecified atom stereocenters. The first-order valence-corrected chi connectivity index (χ1v) is 10.8. The highest BCUT2D eigenvalue weighted by molar-refractivity contribution is 7.91. The van der Waals surface area contributed by atoms with E-state index in [9.17, 15) is 13.2 Å². The maximum absolute atomic E-state index is 12.0. The second kappa shape index (κ2) is 7.72. The van der Waals surface area contributed by atoms with Gasteiger partial charge in [0.05, 0.1) is 23.6 Å². The van der Waals surface area contributed by atoms with Gasteiger partial charge in [-0.1, -0.05) is 11.6 Å². The average Bonchev–Trinajstić information content (AvgIpc) is 3.13. The average molecular weight is 401 g/mol. The quantitative estimate of drug-likeness (QED) is 0.803. The largest absolute Gasteiger partial charge is 0.486 e. The van der Waals surface area contributed by atoms with Crippen LogP contribution in [0, 0.1) is 0 Å². The summed E-state index contributed by atoms with van der Waals surface area (Å²) >= 11 is 7.24. The molecule has 25 heavy (non-hydrogen) atoms. The van der Waals surface area contributed by atoms with Gasteiger partial charge in [-0.15, -0.1) is 11.3 Å². The predicted molar refractivity (Wildman–Crippen MR) is 96.8 cm³/mol. The molecule has 3 rings (SSSR count). The lowest BCUT2D eigenvalue weighted by Crippen LogP contribution is -2.36. The first-order chi connectivity index (χ1) is 11.9. The van der Waals surface area contributed by atoms with Crippen LogP contribution in [0.1, 0.15) is 17.1 Å². The molecule has 1 aliphatic rings. The van der Waals surface area contributed by atoms with Crippen LogP contribution in [0.5, 0.6) is 5.75 Å². The fourth-order valence-corrected chi connectivity index (χ4v) is 5.03. The van der Waals surface area contributed by atoms with E-state index in [1.54, 1.807) is 24.3 Å². The Labute approximate surface area is 155 Å². The van der Waals surface area contributed by atoms with Gasteiger partial charge in [-0.2, -0.15) is 0 Å². The van der Waals surface area contributed by atoms with Gasteiger partial charge in [-0.05, 0) is 30.7 Å². The molecule has 1 atom stereocenters. The number of amides is 1. The summed E-state index contributed by atoms with van der Waals surface area (Å²) < 4.78 is 28.4. The van der Waals surface area contributed by atoms with Crippen LogP contribution < -0.4 is 10.1 Å². The van der Waals surface area contributed by atoms with Crippen molar-refractivity contribution < 1.29 is 17.9 Å². The minimum Gasteiger partial charge on any atom is -0.486 e. The zero-order valence-corrected chi connectivity index (χ0v) is 15.7. The van der Waals surface area contributed by atoms with E-state index in [1.165, 1.54) is 11.3 Å². The van der Waals surface area contributed by atoms with E-state index in [1.807, 2.05) is 5.38 Å². The Morgan fingerprint density at radius 2 is 2.12 bits per heavy atom. The third-order valence-electron chi connectivity index (χ3n) is 3.71. The van der Waals surface area contributed by atoms with Crippen LogP contribution >= 0.6 is 22.9 Å². The van der Waals surface area contributed by atoms with Crippen LogP contribution in [0.3, 0.4) is 0 Å². The van der Waals surface area contributed by atoms with E-state index in [2.05, 4.69) is 10.3 Å². The van der Waals surface area contributed by atoms with E-state index in [0.29, 0.717) is 29.5 Å². The SMILES string of the molecule is O=C(Cc1csc(COc2ccc(Cl)cc2)n1)N[C@@H]1CCS(=O)(=O)C1. The Morgan fingerprint density at radius 1 is 1.36 bits per heavy atom. The van der Waals surface area contributed by atoms with Gasteiger partial charge in [0.15, 0.2) is 9.84 Å². The standard InChI is InChI=1S/C16H17ClN2O4S2/c17-11-1-3-14(4-2-11)23-8-16-19-13(9-24-16)7-15(20)18-12-5-6-25(21,22)10-12/h1-4,9,12H,5-8,10H2,(H,18,20)/t12-/m1/s1. The van der Waals surface area contributed by atoms with Gasteiger partial charge < -0.3 is 10.1 Å². The Balaban J connectivity index is 1.48. The second-order valence-corrected chi connectivity index (χ2v) is 9.43. The molecule has 6 nitrogen and oxygen atoms in total. The van der Waals surface area contributed by atoms with Crippen molar-refractivity contribution in [3.63, 3.8) is 0 Å². The zero-order chi connectivity index (χ0) is 17.9. The fraction of sp³-hybridized carbons (Fsp3) is 0.375. The molecule has 0 aliphatic carbocycles. The molecule has 0 radical (unpaired) electrons. The molecule has 1 aromatic carbocycles. The van der Waals surface area contributed by atoms with E-state index in [4.69, 9.17) is 16.3 Å². The molecule has 9 heteroatoms. The molecule has 1 saturated heterocycles. The summed E-state index contributed by atoms with van der Waals surface area (Å²) in [4.78, 5) is 16.4. The van der Waals surface area contributed by atoms with Gasteiger partial charge in [0, 0.05) is 16.4 Å². The number of carbonyl (C=O) groups is 1. The lowest BCUT2D eigenvalue weighted by atomic mass is 10.2. The number of hydrogen-bond acceptors (Lipinski definition) is 6. The molecule has 1 N–H and O–H groups in total. The first-order valence-electron chi connectivity index (χ1n) is 7.71. The Kier molecular flexibility index (Phi) is 5.61. The number of thiazole rings is 1. The second-order valence-electron chi connectivity index (χ2n) is 5.82. The minimum atomic E-state index is -3.00. The van der Waals surface area contributed by atoms with Crippen molar-refractivity contribution in [2.45, 2.75) is 25.5 Å². The first kappa shape index (κ1) is 18.2. The summed E-state index contributed by atoms with van der Waals surface area (Å²) in [6.45, 7) is 0.314. The molecule has 2 heterocycles. The van der Waals surface area contributed by atoms with Crippen LogP contribution in [-0.2, 0) is 27.7 Å². The molecule has 134 valence electrons. The summed E-state index contributed by atoms with van der Waals surface area (Å²) in [6.07, 6.45) is 0.610. The maximum Gasteiger partial charge on any atom is 0.226 e. The third kappa shape index (κ3) is 5.42. The fourth-order valence-electron chi connectivity index (χ4n) is 2.52. The highest BCUT2D eigenvalue weighted by Gasteiger charge is 2.28. The number of rotatable bonds is 6. The summed E-state index contributed by atoms with van der Waals surface area (Å²) in [5, 5.41) is 5.98. The van der Waals surface area contributed by atoms with E-state index in [-0.39, 0.29) is 29.9 Å². The number of ether oxygens (including phenoxy) is 1. The lowest BCUT2D eigenvalue weighted by molar-refractivity contribution is -0.121. The van der Waals surface area contributed by atoms with E-state index in [0.717, 1.165) is 5.01 Å². The van der Waals surface area contributed by atoms with Crippen molar-refractivity contribution in [3.8, 4) is 5.75 Å². The van der Waals surface area contributed by atoms with E-state index >= 15 is 0 Å². The number of hydrogen-bond donors (Lipinski definition) is 1. The summed E-state index contributed by atoms with van der Waals surface area (Å²) in [6, 6.07) is 6.76. The van der Waals surface area contributed by atoms with Gasteiger partial charge in [0.1, 0.15) is 17.4 Å². The number of halogens is 1. The molecular weight excluding hydrogens is 384 g/mol. The molecule has 1 fully saturated rings. The number of aromatic nitrogens is 1. The predicted octanol–water partition coefficient (Wildman–Crippen LogP) is 2.22. The molecule has 1 amide bonds. The number of sulfone groups is 1. The number of nitrogens with one attached hydrogen (secondary N) is 1. The summed E-state index contributed by atoms with van der Waals surface area (Å²) in [5.74, 6) is 0.649. The molecular formula is C16H17ClN2O4S2. The number of carbonyl (C=O) groups excluding carboxylic acids is 1. The minimum absolute atomic E-state index is 0.0238. The van der Waals surface area contributed by atoms with Gasteiger partial charge >= 0.3 is 0 Å². The Bertz CT molecular complexity index is 849. The highest BCUT2D eigenvalue weighted by atomic mass is 35.5. The van der Waals surface area contributed by atoms with Crippen molar-refractivity contribution in [1.29, 1.82) is 0 Å². The van der Waals surface area contributed by atoms with Crippen molar-refractivity contribution in [1.82, 2.24) is 10.3 Å². The lowest BCUT2D eigenvalue weighted by Gasteiger charge is -2.09. The van der Waals surface area contributed by atoms with Gasteiger partial charge in [-0.25, -0.2) is 13.4 Å². The molecule has 0 saturated carbocycles. The van der Waals surface area contributed by atoms with Crippen LogP contribution in [-0.4, -0.2) is 36.9 Å². The van der Waals surface area contributed by atoms with Crippen molar-refractivity contribution in [3.05, 3.63) is 45.4 Å². The van der Waals surface area contributed by atoms with Gasteiger partial charge in [0.25, 0.3) is 0 Å². The van der Waals surface area contributed by atoms with Crippen LogP contribution in [0.15, 0.2) is 29.6 Å². The van der Waals surface area contributed by atoms with Crippen molar-refractivity contribution >= 4 is 38.7 Å². The van der Waals surface area contributed by atoms with Crippen molar-refractivity contribution in [2.24, 2.45) is 0 Å². The smallest absolute Gasteiger partial charge is 0.226 e. The number of nitrogens with zero attached hydrogens (tertiary/aromatic N) is 1. The summed E-state index contributed by atoms with van der Waals surface area (Å²) in [5.41, 5.74) is 0.651. The zero-order valence-electron chi connectivity index (χ0n) is 13.3. The Morgan fingerprint density at radius 3 is 2.80 bits per heavy atom. The van der Waals surface area contributed by atoms with Crippen LogP contribution in [0.25, 0.3) is 0 Å². The van der Waals surface area contributed by atoms with E-state index < -0.39 is 9.84 Å². The molecule has 1 aliphatic heterocycles. The normalized spacial score (nSPS) is 18.8. The van der Waals surface area contributed by atoms with Crippen molar-refractivity contribution in [2.75, 3.05) is 11.5 Å². The maximum atomic E-state index is 12.0. The topological polar surface area (TPSA) is 85.4 Å². The summed E-state index contributed by atoms with van der Waals surface area (Å²) in [7, 11) is -3.00. The van der Waals surface area contributed by atoms with Crippen LogP contribution in [0.4, 0.5) is 0 Å². The highest BCUT2D eigenvalue weighted by Crippen LogP contribution is 2.18. The Hall–Kier alpha value is -1.64. The molecule has 0 bridgehead atoms. The van der Waals surface area contributed by atoms with Crippen LogP contribution in [0.2, 0.25) is 5.02 Å². The molecule has 2 aromatic rings.